The van der Waals surface area contributed by atoms with E-state index < -0.39 is 0 Å². The first-order valence-corrected chi connectivity index (χ1v) is 6.53. The molecule has 0 heterocycles. The summed E-state index contributed by atoms with van der Waals surface area (Å²) in [5.74, 6) is 1.34. The fourth-order valence-corrected chi connectivity index (χ4v) is 3.54. The van der Waals surface area contributed by atoms with Crippen LogP contribution in [0, 0.1) is 11.3 Å². The molecule has 1 aromatic rings. The molecular weight excluding hydrogens is 208 g/mol. The Morgan fingerprint density at radius 3 is 2.53 bits per heavy atom. The van der Waals surface area contributed by atoms with Gasteiger partial charge in [-0.1, -0.05) is 32.9 Å². The summed E-state index contributed by atoms with van der Waals surface area (Å²) < 4.78 is 0. The quantitative estimate of drug-likeness (QED) is 0.724. The van der Waals surface area contributed by atoms with Crippen LogP contribution < -0.4 is 11.5 Å². The van der Waals surface area contributed by atoms with Crippen LogP contribution in [0.3, 0.4) is 0 Å². The topological polar surface area (TPSA) is 52.0 Å². The third-order valence-corrected chi connectivity index (χ3v) is 4.00. The van der Waals surface area contributed by atoms with Gasteiger partial charge < -0.3 is 11.5 Å². The Kier molecular flexibility index (Phi) is 3.07. The third-order valence-electron chi connectivity index (χ3n) is 4.00. The number of anilines is 2. The van der Waals surface area contributed by atoms with Crippen LogP contribution in [0.5, 0.6) is 0 Å². The van der Waals surface area contributed by atoms with Crippen molar-refractivity contribution < 1.29 is 0 Å². The van der Waals surface area contributed by atoms with Crippen molar-refractivity contribution in [2.75, 3.05) is 11.5 Å². The van der Waals surface area contributed by atoms with E-state index in [0.29, 0.717) is 11.3 Å². The third kappa shape index (κ3) is 2.56. The van der Waals surface area contributed by atoms with E-state index in [-0.39, 0.29) is 0 Å². The van der Waals surface area contributed by atoms with Gasteiger partial charge in [0.15, 0.2) is 0 Å². The lowest BCUT2D eigenvalue weighted by Gasteiger charge is -2.39. The van der Waals surface area contributed by atoms with Gasteiger partial charge in [-0.05, 0) is 48.1 Å². The molecule has 17 heavy (non-hydrogen) atoms. The van der Waals surface area contributed by atoms with Crippen LogP contribution in [0.1, 0.15) is 51.5 Å². The maximum atomic E-state index is 6.12. The smallest absolute Gasteiger partial charge is 0.0583 e. The van der Waals surface area contributed by atoms with E-state index in [0.717, 1.165) is 17.3 Å². The predicted molar refractivity (Wildman–Crippen MR) is 74.8 cm³/mol. The van der Waals surface area contributed by atoms with Crippen LogP contribution in [0.2, 0.25) is 0 Å². The minimum absolute atomic E-state index is 0.416. The Morgan fingerprint density at radius 2 is 1.88 bits per heavy atom. The lowest BCUT2D eigenvalue weighted by Crippen LogP contribution is -2.27. The normalized spacial score (nSPS) is 27.9. The number of hydrogen-bond acceptors (Lipinski definition) is 2. The van der Waals surface area contributed by atoms with Crippen molar-refractivity contribution in [1.82, 2.24) is 0 Å². The van der Waals surface area contributed by atoms with Gasteiger partial charge in [0.25, 0.3) is 0 Å². The van der Waals surface area contributed by atoms with Crippen molar-refractivity contribution in [3.63, 3.8) is 0 Å². The highest BCUT2D eigenvalue weighted by atomic mass is 14.7. The molecule has 2 rings (SSSR count). The van der Waals surface area contributed by atoms with Gasteiger partial charge in [0, 0.05) is 0 Å². The molecule has 0 aromatic heterocycles. The second-order valence-electron chi connectivity index (χ2n) is 6.46. The fraction of sp³-hybridized carbons (Fsp3) is 0.600. The number of nitrogen functional groups attached to an aromatic ring is 2. The lowest BCUT2D eigenvalue weighted by molar-refractivity contribution is 0.169. The largest absolute Gasteiger partial charge is 0.397 e. The van der Waals surface area contributed by atoms with Crippen LogP contribution >= 0.6 is 0 Å². The molecule has 0 spiro atoms. The summed E-state index contributed by atoms with van der Waals surface area (Å²) in [6.45, 7) is 7.06. The van der Waals surface area contributed by atoms with Crippen LogP contribution in [0.25, 0.3) is 0 Å². The van der Waals surface area contributed by atoms with Crippen LogP contribution in [0.15, 0.2) is 18.2 Å². The van der Waals surface area contributed by atoms with Crippen molar-refractivity contribution in [3.8, 4) is 0 Å². The van der Waals surface area contributed by atoms with Gasteiger partial charge in [0.1, 0.15) is 0 Å². The summed E-state index contributed by atoms with van der Waals surface area (Å²) in [6.07, 6.45) is 3.76. The van der Waals surface area contributed by atoms with Crippen molar-refractivity contribution in [2.45, 2.75) is 46.0 Å². The lowest BCUT2D eigenvalue weighted by atomic mass is 9.66. The predicted octanol–water partition coefficient (Wildman–Crippen LogP) is 3.78. The van der Waals surface area contributed by atoms with Gasteiger partial charge in [0.05, 0.1) is 11.4 Å². The molecule has 0 aliphatic heterocycles. The molecule has 2 atom stereocenters. The van der Waals surface area contributed by atoms with E-state index in [9.17, 15) is 0 Å². The molecule has 0 amide bonds. The number of rotatable bonds is 1. The zero-order valence-corrected chi connectivity index (χ0v) is 11.2. The Bertz CT molecular complexity index is 409. The molecular formula is C15H24N2. The second kappa shape index (κ2) is 4.25. The standard InChI is InChI=1S/C15H24N2/c1-10-7-11(9-15(2,3)8-10)12-5-4-6-13(16)14(12)17/h4-6,10-11H,7-9,16-17H2,1-3H3. The molecule has 1 aromatic carbocycles. The van der Waals surface area contributed by atoms with Gasteiger partial charge in [-0.3, -0.25) is 0 Å². The molecule has 0 radical (unpaired) electrons. The number of hydrogen-bond donors (Lipinski definition) is 2. The average Bonchev–Trinajstić information content (AvgIpc) is 2.19. The fourth-order valence-electron chi connectivity index (χ4n) is 3.54. The molecule has 1 aliphatic carbocycles. The molecule has 94 valence electrons. The molecule has 2 heteroatoms. The first-order chi connectivity index (χ1) is 7.89. The van der Waals surface area contributed by atoms with E-state index in [1.165, 1.54) is 24.8 Å². The maximum absolute atomic E-state index is 6.12. The van der Waals surface area contributed by atoms with Gasteiger partial charge in [-0.2, -0.15) is 0 Å². The summed E-state index contributed by atoms with van der Waals surface area (Å²) in [7, 11) is 0. The average molecular weight is 232 g/mol. The van der Waals surface area contributed by atoms with Crippen molar-refractivity contribution >= 4 is 11.4 Å². The molecule has 2 unspecified atom stereocenters. The molecule has 1 aliphatic rings. The van der Waals surface area contributed by atoms with Crippen LogP contribution in [0.4, 0.5) is 11.4 Å². The van der Waals surface area contributed by atoms with Gasteiger partial charge in [-0.15, -0.1) is 0 Å². The number of para-hydroxylation sites is 1. The zero-order valence-electron chi connectivity index (χ0n) is 11.2. The molecule has 0 saturated heterocycles. The summed E-state index contributed by atoms with van der Waals surface area (Å²) in [5.41, 5.74) is 15.2. The van der Waals surface area contributed by atoms with E-state index in [4.69, 9.17) is 11.5 Å². The van der Waals surface area contributed by atoms with Crippen molar-refractivity contribution in [3.05, 3.63) is 23.8 Å². The molecule has 0 bridgehead atoms. The zero-order chi connectivity index (χ0) is 12.6. The molecule has 1 saturated carbocycles. The highest BCUT2D eigenvalue weighted by Gasteiger charge is 2.33. The molecule has 4 N–H and O–H groups in total. The van der Waals surface area contributed by atoms with E-state index in [2.05, 4.69) is 26.8 Å². The Balaban J connectivity index is 2.30. The van der Waals surface area contributed by atoms with Crippen molar-refractivity contribution in [2.24, 2.45) is 11.3 Å². The Hall–Kier alpha value is -1.18. The monoisotopic (exact) mass is 232 g/mol. The molecule has 2 nitrogen and oxygen atoms in total. The van der Waals surface area contributed by atoms with E-state index >= 15 is 0 Å². The Morgan fingerprint density at radius 1 is 1.18 bits per heavy atom. The summed E-state index contributed by atoms with van der Waals surface area (Å²) in [6, 6.07) is 6.05. The first kappa shape index (κ1) is 12.3. The maximum Gasteiger partial charge on any atom is 0.0583 e. The van der Waals surface area contributed by atoms with Crippen LogP contribution in [-0.2, 0) is 0 Å². The van der Waals surface area contributed by atoms with Crippen LogP contribution in [-0.4, -0.2) is 0 Å². The second-order valence-corrected chi connectivity index (χ2v) is 6.46. The molecule has 1 fully saturated rings. The SMILES string of the molecule is CC1CC(c2cccc(N)c2N)CC(C)(C)C1. The first-order valence-electron chi connectivity index (χ1n) is 6.53. The highest BCUT2D eigenvalue weighted by Crippen LogP contribution is 2.47. The van der Waals surface area contributed by atoms with Gasteiger partial charge in [-0.25, -0.2) is 0 Å². The van der Waals surface area contributed by atoms with Gasteiger partial charge in [0.2, 0.25) is 0 Å². The summed E-state index contributed by atoms with van der Waals surface area (Å²) in [5, 5.41) is 0. The van der Waals surface area contributed by atoms with E-state index in [1.54, 1.807) is 0 Å². The van der Waals surface area contributed by atoms with E-state index in [1.807, 2.05) is 12.1 Å². The minimum atomic E-state index is 0.416. The minimum Gasteiger partial charge on any atom is -0.397 e. The highest BCUT2D eigenvalue weighted by molar-refractivity contribution is 5.68. The van der Waals surface area contributed by atoms with Crippen molar-refractivity contribution in [1.29, 1.82) is 0 Å². The Labute approximate surface area is 104 Å². The number of nitrogens with two attached hydrogens (primary N) is 2. The summed E-state index contributed by atoms with van der Waals surface area (Å²) in [4.78, 5) is 0. The summed E-state index contributed by atoms with van der Waals surface area (Å²) >= 11 is 0. The number of benzene rings is 1. The van der Waals surface area contributed by atoms with Gasteiger partial charge >= 0.3 is 0 Å².